The minimum Gasteiger partial charge on any atom is -0.353 e. The maximum absolute atomic E-state index is 13.6. The lowest BCUT2D eigenvalue weighted by molar-refractivity contribution is 0.586. The fourth-order valence-corrected chi connectivity index (χ4v) is 2.07. The van der Waals surface area contributed by atoms with Crippen LogP contribution in [-0.2, 0) is 0 Å². The largest absolute Gasteiger partial charge is 0.353 e. The number of nitrogens with one attached hydrogen (secondary N) is 1. The summed E-state index contributed by atoms with van der Waals surface area (Å²) in [4.78, 5) is 0. The summed E-state index contributed by atoms with van der Waals surface area (Å²) in [5.74, 6) is -1.19. The van der Waals surface area contributed by atoms with E-state index in [1.165, 1.54) is 12.1 Å². The molecular weight excluding hydrogens is 244 g/mol. The van der Waals surface area contributed by atoms with Gasteiger partial charge in [0.05, 0.1) is 5.69 Å². The molecule has 0 bridgehead atoms. The summed E-state index contributed by atoms with van der Waals surface area (Å²) in [7, 11) is 0. The van der Waals surface area contributed by atoms with Crippen LogP contribution in [0.5, 0.6) is 0 Å². The van der Waals surface area contributed by atoms with Gasteiger partial charge in [0.15, 0.2) is 0 Å². The monoisotopic (exact) mass is 255 g/mol. The molecule has 0 saturated heterocycles. The summed E-state index contributed by atoms with van der Waals surface area (Å²) in [6, 6.07) is 17.1. The quantitative estimate of drug-likeness (QED) is 0.689. The Morgan fingerprint density at radius 2 is 1.53 bits per heavy atom. The molecule has 0 aliphatic carbocycles. The average Bonchev–Trinajstić information content (AvgIpc) is 2.42. The second kappa shape index (κ2) is 4.69. The Bertz CT molecular complexity index is 732. The van der Waals surface area contributed by atoms with Crippen molar-refractivity contribution in [1.29, 1.82) is 0 Å². The Hall–Kier alpha value is -2.42. The van der Waals surface area contributed by atoms with Crippen molar-refractivity contribution >= 4 is 22.1 Å². The van der Waals surface area contributed by atoms with E-state index in [2.05, 4.69) is 5.32 Å². The van der Waals surface area contributed by atoms with Gasteiger partial charge in [-0.05, 0) is 23.6 Å². The smallest absolute Gasteiger partial charge is 0.149 e. The lowest BCUT2D eigenvalue weighted by atomic mass is 10.1. The van der Waals surface area contributed by atoms with Gasteiger partial charge in [0.2, 0.25) is 0 Å². The summed E-state index contributed by atoms with van der Waals surface area (Å²) in [5, 5.41) is 5.06. The third-order valence-electron chi connectivity index (χ3n) is 2.99. The van der Waals surface area contributed by atoms with E-state index in [0.717, 1.165) is 22.5 Å². The second-order valence-electron chi connectivity index (χ2n) is 4.28. The highest BCUT2D eigenvalue weighted by atomic mass is 19.1. The third kappa shape index (κ3) is 2.27. The standard InChI is InChI=1S/C16H11F2N/c17-12-8-9-16(14(18)10-12)19-15-7-3-5-11-4-1-2-6-13(11)15/h1-10,19H. The molecule has 0 radical (unpaired) electrons. The van der Waals surface area contributed by atoms with Crippen LogP contribution in [0, 0.1) is 11.6 Å². The van der Waals surface area contributed by atoms with Crippen molar-refractivity contribution in [2.24, 2.45) is 0 Å². The Balaban J connectivity index is 2.06. The Morgan fingerprint density at radius 3 is 2.37 bits per heavy atom. The number of fused-ring (bicyclic) bond motifs is 1. The topological polar surface area (TPSA) is 12.0 Å². The Morgan fingerprint density at radius 1 is 0.737 bits per heavy atom. The zero-order valence-electron chi connectivity index (χ0n) is 10.0. The van der Waals surface area contributed by atoms with E-state index in [4.69, 9.17) is 0 Å². The number of anilines is 2. The van der Waals surface area contributed by atoms with Crippen molar-refractivity contribution in [3.63, 3.8) is 0 Å². The van der Waals surface area contributed by atoms with E-state index in [0.29, 0.717) is 0 Å². The summed E-state index contributed by atoms with van der Waals surface area (Å²) < 4.78 is 26.5. The zero-order chi connectivity index (χ0) is 13.2. The average molecular weight is 255 g/mol. The van der Waals surface area contributed by atoms with E-state index in [1.54, 1.807) is 0 Å². The molecule has 0 fully saturated rings. The normalized spacial score (nSPS) is 10.6. The fourth-order valence-electron chi connectivity index (χ4n) is 2.07. The van der Waals surface area contributed by atoms with E-state index >= 15 is 0 Å². The molecule has 0 amide bonds. The highest BCUT2D eigenvalue weighted by molar-refractivity contribution is 5.95. The van der Waals surface area contributed by atoms with Crippen molar-refractivity contribution in [2.45, 2.75) is 0 Å². The van der Waals surface area contributed by atoms with Gasteiger partial charge in [-0.1, -0.05) is 36.4 Å². The van der Waals surface area contributed by atoms with Crippen LogP contribution in [0.2, 0.25) is 0 Å². The first kappa shape index (κ1) is 11.7. The van der Waals surface area contributed by atoms with Crippen molar-refractivity contribution in [2.75, 3.05) is 5.32 Å². The minimum atomic E-state index is -0.604. The molecule has 3 heteroatoms. The molecule has 0 saturated carbocycles. The molecule has 1 nitrogen and oxygen atoms in total. The SMILES string of the molecule is Fc1ccc(Nc2cccc3ccccc23)c(F)c1. The van der Waals surface area contributed by atoms with Crippen LogP contribution in [0.3, 0.4) is 0 Å². The lowest BCUT2D eigenvalue weighted by Gasteiger charge is -2.10. The van der Waals surface area contributed by atoms with Crippen LogP contribution in [0.4, 0.5) is 20.2 Å². The summed E-state index contributed by atoms with van der Waals surface area (Å²) in [6.45, 7) is 0. The second-order valence-corrected chi connectivity index (χ2v) is 4.28. The molecular formula is C16H11F2N. The number of halogens is 2. The number of hydrogen-bond donors (Lipinski definition) is 1. The van der Waals surface area contributed by atoms with E-state index in [-0.39, 0.29) is 5.69 Å². The summed E-state index contributed by atoms with van der Waals surface area (Å²) >= 11 is 0. The van der Waals surface area contributed by atoms with Crippen LogP contribution < -0.4 is 5.32 Å². The Labute approximate surface area is 109 Å². The van der Waals surface area contributed by atoms with E-state index in [9.17, 15) is 8.78 Å². The van der Waals surface area contributed by atoms with Gasteiger partial charge >= 0.3 is 0 Å². The summed E-state index contributed by atoms with van der Waals surface area (Å²) in [5.41, 5.74) is 1.06. The molecule has 1 N–H and O–H groups in total. The molecule has 0 spiro atoms. The van der Waals surface area contributed by atoms with Crippen molar-refractivity contribution < 1.29 is 8.78 Å². The predicted molar refractivity (Wildman–Crippen MR) is 73.6 cm³/mol. The van der Waals surface area contributed by atoms with Gasteiger partial charge < -0.3 is 5.32 Å². The van der Waals surface area contributed by atoms with Gasteiger partial charge in [0.25, 0.3) is 0 Å². The molecule has 0 aromatic heterocycles. The number of benzene rings is 3. The number of rotatable bonds is 2. The predicted octanol–water partition coefficient (Wildman–Crippen LogP) is 4.86. The first-order valence-electron chi connectivity index (χ1n) is 5.94. The van der Waals surface area contributed by atoms with Crippen LogP contribution in [0.1, 0.15) is 0 Å². The molecule has 3 aromatic rings. The van der Waals surface area contributed by atoms with E-state index in [1.807, 2.05) is 42.5 Å². The van der Waals surface area contributed by atoms with Gasteiger partial charge in [0.1, 0.15) is 11.6 Å². The highest BCUT2D eigenvalue weighted by Crippen LogP contribution is 2.27. The number of hydrogen-bond acceptors (Lipinski definition) is 1. The van der Waals surface area contributed by atoms with Crippen molar-refractivity contribution in [1.82, 2.24) is 0 Å². The molecule has 0 aliphatic heterocycles. The molecule has 94 valence electrons. The lowest BCUT2D eigenvalue weighted by Crippen LogP contribution is -1.95. The summed E-state index contributed by atoms with van der Waals surface area (Å²) in [6.07, 6.45) is 0. The molecule has 0 atom stereocenters. The van der Waals surface area contributed by atoms with Crippen LogP contribution >= 0.6 is 0 Å². The fraction of sp³-hybridized carbons (Fsp3) is 0. The highest BCUT2D eigenvalue weighted by Gasteiger charge is 2.06. The molecule has 0 aliphatic rings. The first-order chi connectivity index (χ1) is 9.24. The zero-order valence-corrected chi connectivity index (χ0v) is 10.0. The Kier molecular flexibility index (Phi) is 2.88. The van der Waals surface area contributed by atoms with Crippen LogP contribution in [0.25, 0.3) is 10.8 Å². The maximum atomic E-state index is 13.6. The molecule has 19 heavy (non-hydrogen) atoms. The molecule has 3 aromatic carbocycles. The van der Waals surface area contributed by atoms with Crippen molar-refractivity contribution in [3.8, 4) is 0 Å². The maximum Gasteiger partial charge on any atom is 0.149 e. The van der Waals surface area contributed by atoms with Gasteiger partial charge in [0, 0.05) is 17.1 Å². The molecule has 3 rings (SSSR count). The van der Waals surface area contributed by atoms with E-state index < -0.39 is 11.6 Å². The van der Waals surface area contributed by atoms with Crippen molar-refractivity contribution in [3.05, 3.63) is 72.3 Å². The molecule has 0 unspecified atom stereocenters. The minimum absolute atomic E-state index is 0.262. The van der Waals surface area contributed by atoms with Gasteiger partial charge in [-0.15, -0.1) is 0 Å². The van der Waals surface area contributed by atoms with Gasteiger partial charge in [-0.2, -0.15) is 0 Å². The van der Waals surface area contributed by atoms with Crippen LogP contribution in [0.15, 0.2) is 60.7 Å². The molecule has 0 heterocycles. The third-order valence-corrected chi connectivity index (χ3v) is 2.99. The van der Waals surface area contributed by atoms with Crippen LogP contribution in [-0.4, -0.2) is 0 Å². The first-order valence-corrected chi connectivity index (χ1v) is 5.94. The van der Waals surface area contributed by atoms with Gasteiger partial charge in [-0.25, -0.2) is 8.78 Å². The van der Waals surface area contributed by atoms with Gasteiger partial charge in [-0.3, -0.25) is 0 Å².